The van der Waals surface area contributed by atoms with E-state index in [1.165, 1.54) is 70.1 Å². The molecular weight excluding hydrogens is 520 g/mol. The Morgan fingerprint density at radius 1 is 0.561 bits per heavy atom. The molecule has 1 atom stereocenters. The normalized spacial score (nSPS) is 39.9. The van der Waals surface area contributed by atoms with Gasteiger partial charge < -0.3 is 0 Å². The predicted octanol–water partition coefficient (Wildman–Crippen LogP) is 13.3. The fourth-order valence-electron chi connectivity index (χ4n) is 8.34. The highest BCUT2D eigenvalue weighted by atomic mass is 19.3. The molecule has 0 radical (unpaired) electrons. The van der Waals surface area contributed by atoms with Gasteiger partial charge in [0.25, 0.3) is 0 Å². The summed E-state index contributed by atoms with van der Waals surface area (Å²) in [5, 5.41) is 0. The van der Waals surface area contributed by atoms with Crippen molar-refractivity contribution in [3.63, 3.8) is 0 Å². The van der Waals surface area contributed by atoms with E-state index in [0.29, 0.717) is 25.2 Å². The molecule has 0 aromatic heterocycles. The highest BCUT2D eigenvalue weighted by Gasteiger charge is 2.63. The number of hydrogen-bond acceptors (Lipinski definition) is 0. The van der Waals surface area contributed by atoms with Gasteiger partial charge >= 0.3 is 0 Å². The molecular formula is C37H66F4. The van der Waals surface area contributed by atoms with Crippen molar-refractivity contribution in [2.45, 2.75) is 189 Å². The molecule has 0 amide bonds. The molecule has 4 heteroatoms. The van der Waals surface area contributed by atoms with Crippen LogP contribution in [0.3, 0.4) is 0 Å². The minimum Gasteiger partial charge on any atom is -0.207 e. The molecule has 41 heavy (non-hydrogen) atoms. The Labute approximate surface area is 252 Å². The fraction of sp³-hybridized carbons (Fsp3) is 1.00. The van der Waals surface area contributed by atoms with Crippen molar-refractivity contribution in [3.05, 3.63) is 0 Å². The summed E-state index contributed by atoms with van der Waals surface area (Å²) in [5.41, 5.74) is 2.56. The van der Waals surface area contributed by atoms with Crippen molar-refractivity contribution in [1.82, 2.24) is 0 Å². The molecule has 10 fully saturated rings. The molecule has 242 valence electrons. The molecule has 10 aliphatic rings. The van der Waals surface area contributed by atoms with Crippen LogP contribution in [-0.4, -0.2) is 11.8 Å². The second-order valence-electron chi connectivity index (χ2n) is 17.1. The molecule has 0 spiro atoms. The SMILES string of the molecule is CC12CC(C1)C2.CC1CCC(F)(F)CC1.CC1CCC1.CCC12CC(C)(C1)C2.CCC1CC1.C[C@@H]1CCC(F)(F)C1. The molecule has 4 bridgehead atoms. The Kier molecular flexibility index (Phi) is 12.2. The summed E-state index contributed by atoms with van der Waals surface area (Å²) in [6, 6.07) is 0. The maximum Gasteiger partial charge on any atom is 0.248 e. The predicted molar refractivity (Wildman–Crippen MR) is 167 cm³/mol. The Bertz CT molecular complexity index is 733. The zero-order chi connectivity index (χ0) is 30.5. The maximum atomic E-state index is 12.4. The third kappa shape index (κ3) is 11.6. The van der Waals surface area contributed by atoms with E-state index in [2.05, 4.69) is 34.6 Å². The van der Waals surface area contributed by atoms with Gasteiger partial charge in [-0.3, -0.25) is 0 Å². The first-order valence-electron chi connectivity index (χ1n) is 17.8. The number of alkyl halides is 4. The van der Waals surface area contributed by atoms with Gasteiger partial charge in [0.2, 0.25) is 11.8 Å². The van der Waals surface area contributed by atoms with Gasteiger partial charge in [-0.2, -0.15) is 0 Å². The van der Waals surface area contributed by atoms with Gasteiger partial charge in [-0.15, -0.1) is 0 Å². The number of rotatable bonds is 2. The molecule has 10 rings (SSSR count). The third-order valence-corrected chi connectivity index (χ3v) is 11.8. The van der Waals surface area contributed by atoms with Crippen LogP contribution in [0.4, 0.5) is 17.6 Å². The van der Waals surface area contributed by atoms with Gasteiger partial charge in [-0.1, -0.05) is 93.4 Å². The van der Waals surface area contributed by atoms with E-state index < -0.39 is 11.8 Å². The lowest BCUT2D eigenvalue weighted by atomic mass is 9.35. The summed E-state index contributed by atoms with van der Waals surface area (Å²) in [5.74, 6) is -0.541. The lowest BCUT2D eigenvalue weighted by Crippen LogP contribution is -2.59. The van der Waals surface area contributed by atoms with Crippen LogP contribution in [0, 0.1) is 45.8 Å². The highest BCUT2D eigenvalue weighted by molar-refractivity contribution is 5.13. The average Bonchev–Trinajstić information content (AvgIpc) is 3.60. The van der Waals surface area contributed by atoms with E-state index in [-0.39, 0.29) is 31.6 Å². The lowest BCUT2D eigenvalue weighted by Gasteiger charge is -2.70. The average molecular weight is 587 g/mol. The topological polar surface area (TPSA) is 0 Å². The van der Waals surface area contributed by atoms with E-state index in [9.17, 15) is 17.6 Å². The van der Waals surface area contributed by atoms with Crippen molar-refractivity contribution in [3.8, 4) is 0 Å². The van der Waals surface area contributed by atoms with Gasteiger partial charge in [-0.25, -0.2) is 17.6 Å². The summed E-state index contributed by atoms with van der Waals surface area (Å²) in [7, 11) is 0. The highest BCUT2D eigenvalue weighted by Crippen LogP contribution is 2.74. The first-order valence-corrected chi connectivity index (χ1v) is 17.8. The largest absolute Gasteiger partial charge is 0.248 e. The van der Waals surface area contributed by atoms with Gasteiger partial charge in [0, 0.05) is 25.7 Å². The number of halogens is 4. The summed E-state index contributed by atoms with van der Waals surface area (Å²) in [4.78, 5) is 0. The van der Waals surface area contributed by atoms with Crippen LogP contribution >= 0.6 is 0 Å². The molecule has 0 N–H and O–H groups in total. The minimum atomic E-state index is -2.34. The summed E-state index contributed by atoms with van der Waals surface area (Å²) in [6.45, 7) is 15.6. The molecule has 0 aromatic rings. The van der Waals surface area contributed by atoms with Crippen molar-refractivity contribution >= 4 is 0 Å². The molecule has 0 saturated heterocycles. The monoisotopic (exact) mass is 587 g/mol. The van der Waals surface area contributed by atoms with E-state index >= 15 is 0 Å². The summed E-state index contributed by atoms with van der Waals surface area (Å²) in [6.07, 6.45) is 22.1. The number of hydrogen-bond donors (Lipinski definition) is 0. The van der Waals surface area contributed by atoms with Crippen molar-refractivity contribution in [2.75, 3.05) is 0 Å². The van der Waals surface area contributed by atoms with E-state index in [1.54, 1.807) is 19.3 Å². The smallest absolute Gasteiger partial charge is 0.207 e. The minimum absolute atomic E-state index is 0.104. The van der Waals surface area contributed by atoms with Crippen LogP contribution in [0.25, 0.3) is 0 Å². The third-order valence-electron chi connectivity index (χ3n) is 11.8. The standard InChI is InChI=1S/C8H14.C7H12F2.C6H10F2.C6H10.2C5H10/c1-3-8-4-7(2,5-8)6-8;1-6-2-4-7(8,9)5-3-6;1-5-2-3-6(7,8)4-5;1-6-2-5(3-6)4-6;1-5-3-2-4-5;1-2-5-3-4-5/h3-6H2,1-2H3;6H,2-5H2,1H3;5H,2-4H2,1H3;5H,2-4H2,1H3;2*5H,2-4H2,1H3/t;;5-;;;/m..1.../s1. The summed E-state index contributed by atoms with van der Waals surface area (Å²) < 4.78 is 49.1. The Morgan fingerprint density at radius 3 is 1.12 bits per heavy atom. The van der Waals surface area contributed by atoms with Crippen molar-refractivity contribution < 1.29 is 17.6 Å². The first kappa shape index (κ1) is 35.2. The first-order chi connectivity index (χ1) is 19.0. The maximum absolute atomic E-state index is 12.4. The van der Waals surface area contributed by atoms with E-state index in [4.69, 9.17) is 0 Å². The molecule has 0 nitrogen and oxygen atoms in total. The molecule has 0 unspecified atom stereocenters. The van der Waals surface area contributed by atoms with Crippen molar-refractivity contribution in [1.29, 1.82) is 0 Å². The van der Waals surface area contributed by atoms with Crippen LogP contribution in [0.1, 0.15) is 177 Å². The summed E-state index contributed by atoms with van der Waals surface area (Å²) >= 11 is 0. The quantitative estimate of drug-likeness (QED) is 0.282. The second-order valence-corrected chi connectivity index (χ2v) is 17.1. The molecule has 0 heterocycles. The molecule has 10 aliphatic carbocycles. The Morgan fingerprint density at radius 2 is 1.00 bits per heavy atom. The lowest BCUT2D eigenvalue weighted by molar-refractivity contribution is -0.191. The van der Waals surface area contributed by atoms with Gasteiger partial charge in [0.05, 0.1) is 0 Å². The van der Waals surface area contributed by atoms with Crippen LogP contribution in [0.15, 0.2) is 0 Å². The van der Waals surface area contributed by atoms with Crippen molar-refractivity contribution in [2.24, 2.45) is 45.8 Å². The fourth-order valence-corrected chi connectivity index (χ4v) is 8.34. The zero-order valence-corrected chi connectivity index (χ0v) is 28.0. The van der Waals surface area contributed by atoms with Crippen LogP contribution in [0.2, 0.25) is 0 Å². The van der Waals surface area contributed by atoms with Gasteiger partial charge in [-0.05, 0) is 104 Å². The molecule has 10 saturated carbocycles. The van der Waals surface area contributed by atoms with Crippen LogP contribution < -0.4 is 0 Å². The van der Waals surface area contributed by atoms with Crippen LogP contribution in [-0.2, 0) is 0 Å². The zero-order valence-electron chi connectivity index (χ0n) is 28.0. The second kappa shape index (κ2) is 14.2. The molecule has 0 aromatic carbocycles. The van der Waals surface area contributed by atoms with Gasteiger partial charge in [0.1, 0.15) is 0 Å². The van der Waals surface area contributed by atoms with Gasteiger partial charge in [0.15, 0.2) is 0 Å². The Hall–Kier alpha value is -0.280. The molecule has 0 aliphatic heterocycles. The van der Waals surface area contributed by atoms with Crippen LogP contribution in [0.5, 0.6) is 0 Å². The van der Waals surface area contributed by atoms with E-state index in [1.807, 2.05) is 13.8 Å². The van der Waals surface area contributed by atoms with E-state index in [0.717, 1.165) is 28.1 Å². The Balaban J connectivity index is 0.000000137.